The number of halogens is 3. The largest absolute Gasteiger partial charge is 0.487 e. The summed E-state index contributed by atoms with van der Waals surface area (Å²) in [6.45, 7) is 1.47. The lowest BCUT2D eigenvalue weighted by Gasteiger charge is -2.12. The van der Waals surface area contributed by atoms with Crippen LogP contribution in [-0.2, 0) is 16.2 Å². The molecule has 0 aromatic heterocycles. The molecule has 2 rings (SSSR count). The van der Waals surface area contributed by atoms with Crippen LogP contribution in [0, 0.1) is 5.82 Å². The maximum atomic E-state index is 12.9. The summed E-state index contributed by atoms with van der Waals surface area (Å²) in [5.41, 5.74) is 1.10. The summed E-state index contributed by atoms with van der Waals surface area (Å²) >= 11 is 6.76. The van der Waals surface area contributed by atoms with Crippen LogP contribution in [0.15, 0.2) is 51.0 Å². The summed E-state index contributed by atoms with van der Waals surface area (Å²) in [5, 5.41) is 11.4. The van der Waals surface area contributed by atoms with E-state index >= 15 is 0 Å². The van der Waals surface area contributed by atoms with Crippen molar-refractivity contribution in [1.29, 1.82) is 0 Å². The highest BCUT2D eigenvalue weighted by molar-refractivity contribution is 9.11. The summed E-state index contributed by atoms with van der Waals surface area (Å²) in [6.07, 6.45) is 1.34. The number of nitrogens with one attached hydrogen (secondary N) is 1. The van der Waals surface area contributed by atoms with Crippen molar-refractivity contribution in [2.75, 3.05) is 0 Å². The molecule has 0 spiro atoms. The molecule has 136 valence electrons. The second kappa shape index (κ2) is 8.95. The van der Waals surface area contributed by atoms with Crippen molar-refractivity contribution >= 4 is 49.8 Å². The fourth-order valence-electron chi connectivity index (χ4n) is 2.04. The van der Waals surface area contributed by atoms with Crippen LogP contribution in [0.25, 0.3) is 6.08 Å². The van der Waals surface area contributed by atoms with Gasteiger partial charge >= 0.3 is 5.97 Å². The lowest BCUT2D eigenvalue weighted by atomic mass is 10.2. The molecule has 0 bridgehead atoms. The smallest absolute Gasteiger partial charge is 0.352 e. The van der Waals surface area contributed by atoms with Gasteiger partial charge in [-0.1, -0.05) is 12.1 Å². The van der Waals surface area contributed by atoms with Crippen LogP contribution in [-0.4, -0.2) is 17.0 Å². The number of carbonyl (C=O) groups excluding carboxylic acids is 1. The molecule has 8 heteroatoms. The van der Waals surface area contributed by atoms with Crippen LogP contribution in [0.5, 0.6) is 5.75 Å². The Morgan fingerprint density at radius 1 is 1.19 bits per heavy atom. The third kappa shape index (κ3) is 5.67. The third-order valence-corrected chi connectivity index (χ3v) is 4.35. The standard InChI is InChI=1S/C18H14Br2FNO4/c1-10(23)22-16(18(24)25)8-12-6-14(19)17(15(20)7-12)26-9-11-2-4-13(21)5-3-11/h2-8H,9H2,1H3,(H,22,23)(H,24,25). The maximum absolute atomic E-state index is 12.9. The first-order valence-corrected chi connectivity index (χ1v) is 8.93. The number of benzene rings is 2. The number of carbonyl (C=O) groups is 2. The van der Waals surface area contributed by atoms with Crippen molar-refractivity contribution in [3.63, 3.8) is 0 Å². The molecule has 5 nitrogen and oxygen atoms in total. The van der Waals surface area contributed by atoms with E-state index in [9.17, 15) is 14.0 Å². The number of rotatable bonds is 6. The van der Waals surface area contributed by atoms with E-state index in [-0.39, 0.29) is 18.1 Å². The third-order valence-electron chi connectivity index (χ3n) is 3.17. The average molecular weight is 487 g/mol. The fraction of sp³-hybridized carbons (Fsp3) is 0.111. The predicted octanol–water partition coefficient (Wildman–Crippen LogP) is 4.49. The van der Waals surface area contributed by atoms with E-state index in [1.54, 1.807) is 24.3 Å². The first kappa shape index (κ1) is 20.1. The topological polar surface area (TPSA) is 75.6 Å². The van der Waals surface area contributed by atoms with E-state index < -0.39 is 11.9 Å². The van der Waals surface area contributed by atoms with Gasteiger partial charge in [0, 0.05) is 6.92 Å². The molecule has 0 radical (unpaired) electrons. The highest BCUT2D eigenvalue weighted by atomic mass is 79.9. The van der Waals surface area contributed by atoms with E-state index in [2.05, 4.69) is 37.2 Å². The Labute approximate surface area is 166 Å². The van der Waals surface area contributed by atoms with Gasteiger partial charge < -0.3 is 15.2 Å². The summed E-state index contributed by atoms with van der Waals surface area (Å²) in [4.78, 5) is 22.3. The molecule has 1 amide bonds. The first-order valence-electron chi connectivity index (χ1n) is 7.35. The highest BCUT2D eigenvalue weighted by Crippen LogP contribution is 2.36. The summed E-state index contributed by atoms with van der Waals surface area (Å²) < 4.78 is 19.9. The zero-order valence-electron chi connectivity index (χ0n) is 13.6. The number of amides is 1. The molecule has 2 aromatic carbocycles. The van der Waals surface area contributed by atoms with E-state index in [0.29, 0.717) is 20.3 Å². The number of carboxylic acids is 1. The van der Waals surface area contributed by atoms with E-state index in [4.69, 9.17) is 9.84 Å². The number of hydrogen-bond acceptors (Lipinski definition) is 3. The predicted molar refractivity (Wildman–Crippen MR) is 102 cm³/mol. The Morgan fingerprint density at radius 3 is 2.27 bits per heavy atom. The Kier molecular flexibility index (Phi) is 6.93. The maximum Gasteiger partial charge on any atom is 0.352 e. The molecule has 0 fully saturated rings. The van der Waals surface area contributed by atoms with E-state index in [0.717, 1.165) is 5.56 Å². The van der Waals surface area contributed by atoms with Crippen molar-refractivity contribution < 1.29 is 23.8 Å². The molecule has 0 aliphatic heterocycles. The number of ether oxygens (including phenoxy) is 1. The summed E-state index contributed by atoms with van der Waals surface area (Å²) in [5.74, 6) is -1.52. The van der Waals surface area contributed by atoms with Crippen LogP contribution >= 0.6 is 31.9 Å². The minimum atomic E-state index is -1.25. The van der Waals surface area contributed by atoms with Gasteiger partial charge in [-0.05, 0) is 73.3 Å². The van der Waals surface area contributed by atoms with Crippen LogP contribution in [0.1, 0.15) is 18.1 Å². The van der Waals surface area contributed by atoms with Gasteiger partial charge in [-0.15, -0.1) is 0 Å². The zero-order valence-corrected chi connectivity index (χ0v) is 16.7. The van der Waals surface area contributed by atoms with E-state index in [1.165, 1.54) is 25.1 Å². The van der Waals surface area contributed by atoms with Gasteiger partial charge in [-0.25, -0.2) is 9.18 Å². The molecule has 2 aromatic rings. The summed E-state index contributed by atoms with van der Waals surface area (Å²) in [6, 6.07) is 9.28. The molecule has 26 heavy (non-hydrogen) atoms. The van der Waals surface area contributed by atoms with Crippen molar-refractivity contribution in [2.45, 2.75) is 13.5 Å². The van der Waals surface area contributed by atoms with Gasteiger partial charge in [0.05, 0.1) is 8.95 Å². The molecule has 0 saturated heterocycles. The Bertz CT molecular complexity index is 843. The number of carboxylic acid groups (broad SMARTS) is 1. The van der Waals surface area contributed by atoms with Gasteiger partial charge in [-0.3, -0.25) is 4.79 Å². The lowest BCUT2D eigenvalue weighted by Crippen LogP contribution is -2.24. The minimum Gasteiger partial charge on any atom is -0.487 e. The Morgan fingerprint density at radius 2 is 1.77 bits per heavy atom. The van der Waals surface area contributed by atoms with Crippen molar-refractivity contribution in [2.24, 2.45) is 0 Å². The van der Waals surface area contributed by atoms with Gasteiger partial charge in [0.15, 0.2) is 0 Å². The van der Waals surface area contributed by atoms with Crippen molar-refractivity contribution in [1.82, 2.24) is 5.32 Å². The molecular weight excluding hydrogens is 473 g/mol. The quantitative estimate of drug-likeness (QED) is 0.590. The minimum absolute atomic E-state index is 0.235. The zero-order chi connectivity index (χ0) is 19.3. The van der Waals surface area contributed by atoms with Gasteiger partial charge in [-0.2, -0.15) is 0 Å². The van der Waals surface area contributed by atoms with Gasteiger partial charge in [0.2, 0.25) is 5.91 Å². The lowest BCUT2D eigenvalue weighted by molar-refractivity contribution is -0.134. The Hall–Kier alpha value is -2.19. The second-order valence-corrected chi connectivity index (χ2v) is 6.98. The molecule has 0 saturated carbocycles. The number of hydrogen-bond donors (Lipinski definition) is 2. The Balaban J connectivity index is 2.22. The fourth-order valence-corrected chi connectivity index (χ4v) is 3.50. The SMILES string of the molecule is CC(=O)NC(=Cc1cc(Br)c(OCc2ccc(F)cc2)c(Br)c1)C(=O)O. The van der Waals surface area contributed by atoms with Crippen molar-refractivity contribution in [3.8, 4) is 5.75 Å². The average Bonchev–Trinajstić information content (AvgIpc) is 2.54. The van der Waals surface area contributed by atoms with Gasteiger partial charge in [0.25, 0.3) is 0 Å². The molecule has 0 aliphatic rings. The van der Waals surface area contributed by atoms with Crippen LogP contribution in [0.3, 0.4) is 0 Å². The summed E-state index contributed by atoms with van der Waals surface area (Å²) in [7, 11) is 0. The van der Waals surface area contributed by atoms with Crippen LogP contribution in [0.4, 0.5) is 4.39 Å². The normalized spacial score (nSPS) is 11.2. The van der Waals surface area contributed by atoms with Gasteiger partial charge in [0.1, 0.15) is 23.9 Å². The van der Waals surface area contributed by atoms with Crippen LogP contribution in [0.2, 0.25) is 0 Å². The monoisotopic (exact) mass is 485 g/mol. The molecule has 2 N–H and O–H groups in total. The molecule has 0 atom stereocenters. The molecule has 0 unspecified atom stereocenters. The van der Waals surface area contributed by atoms with Crippen molar-refractivity contribution in [3.05, 3.63) is 68.0 Å². The molecular formula is C18H14Br2FNO4. The second-order valence-electron chi connectivity index (χ2n) is 5.27. The highest BCUT2D eigenvalue weighted by Gasteiger charge is 2.12. The molecule has 0 aliphatic carbocycles. The first-order chi connectivity index (χ1) is 12.3. The van der Waals surface area contributed by atoms with E-state index in [1.807, 2.05) is 0 Å². The number of aliphatic carboxylic acids is 1. The molecule has 0 heterocycles. The van der Waals surface area contributed by atoms with Crippen LogP contribution < -0.4 is 10.1 Å².